The summed E-state index contributed by atoms with van der Waals surface area (Å²) >= 11 is 0. The minimum Gasteiger partial charge on any atom is -0.357 e. The first-order chi connectivity index (χ1) is 12.6. The standard InChI is InChI=1S/C20H37N5O.HI/c1-3-9-24-11-6-17(7-12-24)14-22-19(21-4-2)25-10-5-8-20(16-25)13-18(26)23-15-20;/h17H,3-16H2,1-2H3,(H,21,22)(H,23,26);1H. The minimum absolute atomic E-state index is 0. The van der Waals surface area contributed by atoms with Crippen LogP contribution in [0.15, 0.2) is 4.99 Å². The largest absolute Gasteiger partial charge is 0.357 e. The molecule has 6 nitrogen and oxygen atoms in total. The number of guanidine groups is 1. The normalized spacial score (nSPS) is 27.6. The van der Waals surface area contributed by atoms with Crippen molar-refractivity contribution in [1.82, 2.24) is 20.4 Å². The molecule has 3 saturated heterocycles. The Kier molecular flexibility index (Phi) is 9.11. The molecule has 3 rings (SSSR count). The monoisotopic (exact) mass is 491 g/mol. The van der Waals surface area contributed by atoms with Gasteiger partial charge in [0.25, 0.3) is 0 Å². The maximum Gasteiger partial charge on any atom is 0.220 e. The van der Waals surface area contributed by atoms with E-state index in [4.69, 9.17) is 4.99 Å². The average Bonchev–Trinajstić information content (AvgIpc) is 3.00. The second kappa shape index (κ2) is 10.8. The van der Waals surface area contributed by atoms with E-state index in [0.29, 0.717) is 12.3 Å². The zero-order valence-corrected chi connectivity index (χ0v) is 19.5. The van der Waals surface area contributed by atoms with Gasteiger partial charge < -0.3 is 20.4 Å². The van der Waals surface area contributed by atoms with Crippen LogP contribution in [0.5, 0.6) is 0 Å². The fraction of sp³-hybridized carbons (Fsp3) is 0.900. The molecule has 2 N–H and O–H groups in total. The average molecular weight is 491 g/mol. The maximum absolute atomic E-state index is 11.7. The smallest absolute Gasteiger partial charge is 0.220 e. The van der Waals surface area contributed by atoms with Gasteiger partial charge >= 0.3 is 0 Å². The molecule has 0 bridgehead atoms. The number of carbonyl (C=O) groups is 1. The van der Waals surface area contributed by atoms with Crippen LogP contribution in [0, 0.1) is 11.3 Å². The number of nitrogens with one attached hydrogen (secondary N) is 2. The van der Waals surface area contributed by atoms with Gasteiger partial charge in [-0.25, -0.2) is 0 Å². The highest BCUT2D eigenvalue weighted by molar-refractivity contribution is 14.0. The van der Waals surface area contributed by atoms with Crippen LogP contribution >= 0.6 is 24.0 Å². The van der Waals surface area contributed by atoms with Crippen molar-refractivity contribution < 1.29 is 4.79 Å². The molecule has 3 aliphatic rings. The molecule has 3 aliphatic heterocycles. The maximum atomic E-state index is 11.7. The molecule has 0 aliphatic carbocycles. The van der Waals surface area contributed by atoms with E-state index in [0.717, 1.165) is 51.5 Å². The molecule has 27 heavy (non-hydrogen) atoms. The molecule has 0 saturated carbocycles. The second-order valence-corrected chi connectivity index (χ2v) is 8.46. The van der Waals surface area contributed by atoms with Crippen molar-refractivity contribution in [2.45, 2.75) is 52.4 Å². The fourth-order valence-corrected chi connectivity index (χ4v) is 4.78. The third-order valence-electron chi connectivity index (χ3n) is 6.24. The molecule has 1 unspecified atom stereocenters. The number of carbonyl (C=O) groups excluding carboxylic acids is 1. The number of hydrogen-bond donors (Lipinski definition) is 2. The van der Waals surface area contributed by atoms with Crippen molar-refractivity contribution in [3.63, 3.8) is 0 Å². The van der Waals surface area contributed by atoms with Crippen LogP contribution in [-0.2, 0) is 4.79 Å². The van der Waals surface area contributed by atoms with Gasteiger partial charge in [-0.3, -0.25) is 9.79 Å². The summed E-state index contributed by atoms with van der Waals surface area (Å²) in [6, 6.07) is 0. The summed E-state index contributed by atoms with van der Waals surface area (Å²) in [7, 11) is 0. The molecule has 7 heteroatoms. The van der Waals surface area contributed by atoms with Gasteiger partial charge in [0.2, 0.25) is 5.91 Å². The molecule has 0 aromatic rings. The first kappa shape index (κ1) is 22.7. The Morgan fingerprint density at radius 2 is 2.07 bits per heavy atom. The van der Waals surface area contributed by atoms with E-state index >= 15 is 0 Å². The summed E-state index contributed by atoms with van der Waals surface area (Å²) in [6.45, 7) is 12.8. The number of aliphatic imine (C=N–C) groups is 1. The number of hydrogen-bond acceptors (Lipinski definition) is 3. The molecule has 0 aromatic carbocycles. The predicted octanol–water partition coefficient (Wildman–Crippen LogP) is 2.29. The quantitative estimate of drug-likeness (QED) is 0.352. The Bertz CT molecular complexity index is 507. The van der Waals surface area contributed by atoms with Crippen molar-refractivity contribution in [3.8, 4) is 0 Å². The third-order valence-corrected chi connectivity index (χ3v) is 6.24. The first-order valence-corrected chi connectivity index (χ1v) is 10.7. The van der Waals surface area contributed by atoms with E-state index in [9.17, 15) is 4.79 Å². The molecular weight excluding hydrogens is 453 g/mol. The van der Waals surface area contributed by atoms with Crippen LogP contribution in [0.2, 0.25) is 0 Å². The van der Waals surface area contributed by atoms with Crippen molar-refractivity contribution in [3.05, 3.63) is 0 Å². The summed E-state index contributed by atoms with van der Waals surface area (Å²) in [5, 5.41) is 6.54. The van der Waals surface area contributed by atoms with Gasteiger partial charge in [-0.05, 0) is 64.6 Å². The van der Waals surface area contributed by atoms with E-state index < -0.39 is 0 Å². The number of amides is 1. The summed E-state index contributed by atoms with van der Waals surface area (Å²) in [5.41, 5.74) is 0.122. The molecule has 1 spiro atoms. The summed E-state index contributed by atoms with van der Waals surface area (Å²) < 4.78 is 0. The van der Waals surface area contributed by atoms with Gasteiger partial charge in [0.05, 0.1) is 0 Å². The van der Waals surface area contributed by atoms with Gasteiger partial charge in [-0.1, -0.05) is 6.92 Å². The number of rotatable bonds is 5. The highest BCUT2D eigenvalue weighted by Gasteiger charge is 2.42. The summed E-state index contributed by atoms with van der Waals surface area (Å²) in [5.74, 6) is 1.99. The Morgan fingerprint density at radius 1 is 1.30 bits per heavy atom. The number of halogens is 1. The number of piperidine rings is 2. The topological polar surface area (TPSA) is 60.0 Å². The van der Waals surface area contributed by atoms with E-state index in [-0.39, 0.29) is 35.3 Å². The molecular formula is C20H38IN5O. The van der Waals surface area contributed by atoms with E-state index in [1.807, 2.05) is 0 Å². The molecule has 0 aromatic heterocycles. The van der Waals surface area contributed by atoms with Crippen LogP contribution in [0.1, 0.15) is 52.4 Å². The highest BCUT2D eigenvalue weighted by Crippen LogP contribution is 2.36. The van der Waals surface area contributed by atoms with Crippen molar-refractivity contribution in [2.24, 2.45) is 16.3 Å². The van der Waals surface area contributed by atoms with Gasteiger partial charge in [-0.2, -0.15) is 0 Å². The highest BCUT2D eigenvalue weighted by atomic mass is 127. The van der Waals surface area contributed by atoms with Crippen LogP contribution in [0.3, 0.4) is 0 Å². The molecule has 1 atom stereocenters. The minimum atomic E-state index is 0. The molecule has 156 valence electrons. The Hall–Kier alpha value is -0.570. The summed E-state index contributed by atoms with van der Waals surface area (Å²) in [4.78, 5) is 21.7. The van der Waals surface area contributed by atoms with Crippen molar-refractivity contribution in [2.75, 3.05) is 52.4 Å². The predicted molar refractivity (Wildman–Crippen MR) is 122 cm³/mol. The van der Waals surface area contributed by atoms with E-state index in [2.05, 4.69) is 34.3 Å². The van der Waals surface area contributed by atoms with Gasteiger partial charge in [-0.15, -0.1) is 24.0 Å². The van der Waals surface area contributed by atoms with Crippen LogP contribution in [0.4, 0.5) is 0 Å². The summed E-state index contributed by atoms with van der Waals surface area (Å²) in [6.07, 6.45) is 6.77. The number of nitrogens with zero attached hydrogens (tertiary/aromatic N) is 3. The van der Waals surface area contributed by atoms with Gasteiger partial charge in [0, 0.05) is 44.6 Å². The molecule has 3 fully saturated rings. The zero-order chi connectivity index (χ0) is 18.4. The SMILES string of the molecule is CCCN1CCC(CN=C(NCC)N2CCCC3(CNC(=O)C3)C2)CC1.I. The van der Waals surface area contributed by atoms with Crippen LogP contribution < -0.4 is 10.6 Å². The lowest BCUT2D eigenvalue weighted by atomic mass is 9.79. The molecule has 0 radical (unpaired) electrons. The van der Waals surface area contributed by atoms with Crippen molar-refractivity contribution >= 4 is 35.8 Å². The lowest BCUT2D eigenvalue weighted by molar-refractivity contribution is -0.119. The third kappa shape index (κ3) is 6.21. The number of likely N-dealkylation sites (tertiary alicyclic amines) is 2. The lowest BCUT2D eigenvalue weighted by Crippen LogP contribution is -2.51. The molecule has 1 amide bonds. The zero-order valence-electron chi connectivity index (χ0n) is 17.1. The van der Waals surface area contributed by atoms with Gasteiger partial charge in [0.1, 0.15) is 0 Å². The lowest BCUT2D eigenvalue weighted by Gasteiger charge is -2.41. The fourth-order valence-electron chi connectivity index (χ4n) is 4.78. The van der Waals surface area contributed by atoms with Crippen molar-refractivity contribution in [1.29, 1.82) is 0 Å². The van der Waals surface area contributed by atoms with Crippen LogP contribution in [-0.4, -0.2) is 74.0 Å². The Labute approximate surface area is 181 Å². The molecule has 3 heterocycles. The Morgan fingerprint density at radius 3 is 2.70 bits per heavy atom. The van der Waals surface area contributed by atoms with Crippen LogP contribution in [0.25, 0.3) is 0 Å². The Balaban J connectivity index is 0.00000261. The first-order valence-electron chi connectivity index (χ1n) is 10.7. The van der Waals surface area contributed by atoms with E-state index in [1.165, 1.54) is 38.9 Å². The van der Waals surface area contributed by atoms with Gasteiger partial charge in [0.15, 0.2) is 5.96 Å². The van der Waals surface area contributed by atoms with E-state index in [1.54, 1.807) is 0 Å². The second-order valence-electron chi connectivity index (χ2n) is 8.46.